The van der Waals surface area contributed by atoms with E-state index in [9.17, 15) is 15.0 Å². The lowest BCUT2D eigenvalue weighted by Crippen LogP contribution is -2.23. The largest absolute Gasteiger partial charge is 0.481 e. The van der Waals surface area contributed by atoms with Crippen LogP contribution < -0.4 is 0 Å². The summed E-state index contributed by atoms with van der Waals surface area (Å²) in [5, 5.41) is 28.1. The van der Waals surface area contributed by atoms with Crippen molar-refractivity contribution in [3.63, 3.8) is 0 Å². The fourth-order valence-corrected chi connectivity index (χ4v) is 2.61. The van der Waals surface area contributed by atoms with Crippen LogP contribution in [0.1, 0.15) is 65.2 Å². The van der Waals surface area contributed by atoms with Gasteiger partial charge in [0.05, 0.1) is 17.8 Å². The average molecular weight is 395 g/mol. The van der Waals surface area contributed by atoms with Crippen LogP contribution in [-0.2, 0) is 9.53 Å². The third-order valence-corrected chi connectivity index (χ3v) is 4.59. The summed E-state index contributed by atoms with van der Waals surface area (Å²) in [7, 11) is 1.74. The van der Waals surface area contributed by atoms with Crippen molar-refractivity contribution in [2.75, 3.05) is 7.11 Å². The van der Waals surface area contributed by atoms with Crippen molar-refractivity contribution in [1.29, 1.82) is 0 Å². The molecule has 0 fully saturated rings. The molecule has 0 saturated heterocycles. The molecule has 0 saturated carbocycles. The van der Waals surface area contributed by atoms with Crippen molar-refractivity contribution in [1.82, 2.24) is 0 Å². The van der Waals surface area contributed by atoms with Crippen molar-refractivity contribution < 1.29 is 24.9 Å². The molecule has 160 valence electrons. The second-order valence-corrected chi connectivity index (χ2v) is 7.19. The third-order valence-electron chi connectivity index (χ3n) is 4.59. The van der Waals surface area contributed by atoms with Crippen LogP contribution >= 0.6 is 0 Å². The molecule has 0 aliphatic rings. The molecular weight excluding hydrogens is 356 g/mol. The zero-order valence-electron chi connectivity index (χ0n) is 17.6. The Balaban J connectivity index is 4.24. The molecule has 0 heterocycles. The first-order chi connectivity index (χ1) is 13.3. The van der Waals surface area contributed by atoms with E-state index < -0.39 is 18.2 Å². The summed E-state index contributed by atoms with van der Waals surface area (Å²) in [5.74, 6) is -0.900. The Morgan fingerprint density at radius 1 is 1.00 bits per heavy atom. The minimum atomic E-state index is -1.00. The first kappa shape index (κ1) is 26.3. The van der Waals surface area contributed by atoms with E-state index in [1.54, 1.807) is 19.3 Å². The van der Waals surface area contributed by atoms with Gasteiger partial charge in [0.15, 0.2) is 0 Å². The van der Waals surface area contributed by atoms with Crippen LogP contribution in [0.3, 0.4) is 0 Å². The first-order valence-corrected chi connectivity index (χ1v) is 10.2. The molecule has 0 aliphatic heterocycles. The van der Waals surface area contributed by atoms with Gasteiger partial charge in [-0.15, -0.1) is 0 Å². The molecule has 0 amide bonds. The number of allylic oxidation sites excluding steroid dienone is 6. The maximum absolute atomic E-state index is 10.4. The topological polar surface area (TPSA) is 87.0 Å². The molecule has 3 atom stereocenters. The summed E-state index contributed by atoms with van der Waals surface area (Å²) in [4.78, 5) is 10.4. The highest BCUT2D eigenvalue weighted by atomic mass is 16.5. The highest BCUT2D eigenvalue weighted by Gasteiger charge is 2.18. The minimum Gasteiger partial charge on any atom is -0.481 e. The molecule has 0 bridgehead atoms. The molecule has 0 spiro atoms. The normalized spacial score (nSPS) is 17.0. The Bertz CT molecular complexity index is 521. The second-order valence-electron chi connectivity index (χ2n) is 7.19. The maximum atomic E-state index is 10.4. The van der Waals surface area contributed by atoms with E-state index in [-0.39, 0.29) is 18.4 Å². The van der Waals surface area contributed by atoms with Gasteiger partial charge >= 0.3 is 5.97 Å². The van der Waals surface area contributed by atoms with Gasteiger partial charge in [0.1, 0.15) is 0 Å². The van der Waals surface area contributed by atoms with Gasteiger partial charge in [-0.05, 0) is 26.2 Å². The molecule has 0 aromatic rings. The predicted molar refractivity (Wildman–Crippen MR) is 114 cm³/mol. The number of aliphatic hydroxyl groups is 2. The van der Waals surface area contributed by atoms with Gasteiger partial charge in [0.2, 0.25) is 0 Å². The summed E-state index contributed by atoms with van der Waals surface area (Å²) in [6, 6.07) is 0. The number of rotatable bonds is 16. The van der Waals surface area contributed by atoms with E-state index in [4.69, 9.17) is 9.84 Å². The van der Waals surface area contributed by atoms with Crippen LogP contribution in [0.2, 0.25) is 0 Å². The van der Waals surface area contributed by atoms with E-state index in [2.05, 4.69) is 19.9 Å². The lowest BCUT2D eigenvalue weighted by Gasteiger charge is -2.24. The number of carboxylic acids is 1. The van der Waals surface area contributed by atoms with Crippen LogP contribution in [0.25, 0.3) is 0 Å². The number of aliphatic hydroxyl groups excluding tert-OH is 2. The first-order valence-electron chi connectivity index (χ1n) is 10.2. The average Bonchev–Trinajstić information content (AvgIpc) is 2.66. The molecule has 0 aliphatic carbocycles. The van der Waals surface area contributed by atoms with E-state index in [1.807, 2.05) is 24.3 Å². The fraction of sp³-hybridized carbons (Fsp3) is 0.609. The fourth-order valence-electron chi connectivity index (χ4n) is 2.61. The zero-order chi connectivity index (χ0) is 21.3. The number of methoxy groups -OCH3 is 1. The summed E-state index contributed by atoms with van der Waals surface area (Å²) in [5.41, 5.74) is -0.247. The number of hydrogen-bond acceptors (Lipinski definition) is 4. The van der Waals surface area contributed by atoms with Crippen LogP contribution in [0.15, 0.2) is 48.6 Å². The van der Waals surface area contributed by atoms with E-state index in [0.29, 0.717) is 6.42 Å². The van der Waals surface area contributed by atoms with Gasteiger partial charge in [0.25, 0.3) is 0 Å². The number of unbranched alkanes of at least 4 members (excludes halogenated alkanes) is 3. The molecule has 0 aromatic carbocycles. The Hall–Kier alpha value is -1.69. The van der Waals surface area contributed by atoms with Gasteiger partial charge in [0, 0.05) is 13.5 Å². The third kappa shape index (κ3) is 14.4. The predicted octanol–water partition coefficient (Wildman–Crippen LogP) is 4.56. The molecule has 0 radical (unpaired) electrons. The smallest absolute Gasteiger partial charge is 0.303 e. The number of carbonyl (C=O) groups is 1. The van der Waals surface area contributed by atoms with Crippen molar-refractivity contribution in [3.8, 4) is 0 Å². The van der Waals surface area contributed by atoms with E-state index >= 15 is 0 Å². The number of carboxylic acid groups (broad SMARTS) is 1. The van der Waals surface area contributed by atoms with Crippen LogP contribution in [0.4, 0.5) is 0 Å². The van der Waals surface area contributed by atoms with Gasteiger partial charge in [-0.3, -0.25) is 4.79 Å². The summed E-state index contributed by atoms with van der Waals surface area (Å²) in [6.07, 6.45) is 19.1. The van der Waals surface area contributed by atoms with Crippen LogP contribution in [0, 0.1) is 0 Å². The summed E-state index contributed by atoms with van der Waals surface area (Å²) < 4.78 is 5.62. The zero-order valence-corrected chi connectivity index (χ0v) is 17.6. The standard InChI is InChI=1S/C23H38O5/c1-4-5-6-12-18-23(2,28-3)19-13-10-8-7-9-11-15-20(24)21(25)16-14-17-22(26)27/h7-11,13,15,19-21,24-25H,4-6,12,14,16-18H2,1-3H3,(H,26,27)/b9-7+,10-8-,15-11+,19-13+/t20-,21+,23?/m1/s1. The van der Waals surface area contributed by atoms with Gasteiger partial charge in [-0.2, -0.15) is 0 Å². The Kier molecular flexibility index (Phi) is 15.3. The molecule has 28 heavy (non-hydrogen) atoms. The Labute approximate surface area is 170 Å². The quantitative estimate of drug-likeness (QED) is 0.264. The maximum Gasteiger partial charge on any atom is 0.303 e. The van der Waals surface area contributed by atoms with Gasteiger partial charge in [-0.25, -0.2) is 0 Å². The number of aliphatic carboxylic acids is 1. The SMILES string of the molecule is CCCCCCC(C)(/C=C/C=C\C=C\C=C\[C@@H](O)[C@@H](O)CCCC(=O)O)OC. The molecule has 1 unspecified atom stereocenters. The van der Waals surface area contributed by atoms with Crippen molar-refractivity contribution in [2.24, 2.45) is 0 Å². The molecule has 5 nitrogen and oxygen atoms in total. The highest BCUT2D eigenvalue weighted by molar-refractivity contribution is 5.66. The van der Waals surface area contributed by atoms with Crippen LogP contribution in [0.5, 0.6) is 0 Å². The summed E-state index contributed by atoms with van der Waals surface area (Å²) in [6.45, 7) is 4.29. The number of ether oxygens (including phenoxy) is 1. The van der Waals surface area contributed by atoms with Crippen LogP contribution in [-0.4, -0.2) is 46.2 Å². The summed E-state index contributed by atoms with van der Waals surface area (Å²) >= 11 is 0. The van der Waals surface area contributed by atoms with Gasteiger partial charge < -0.3 is 20.1 Å². The lowest BCUT2D eigenvalue weighted by molar-refractivity contribution is -0.137. The van der Waals surface area contributed by atoms with Crippen molar-refractivity contribution in [2.45, 2.75) is 83.0 Å². The Morgan fingerprint density at radius 2 is 1.64 bits per heavy atom. The molecule has 0 aromatic heterocycles. The highest BCUT2D eigenvalue weighted by Crippen LogP contribution is 2.20. The van der Waals surface area contributed by atoms with E-state index in [1.165, 1.54) is 25.3 Å². The molecular formula is C23H38O5. The molecule has 5 heteroatoms. The van der Waals surface area contributed by atoms with Gasteiger partial charge in [-0.1, -0.05) is 81.2 Å². The monoisotopic (exact) mass is 394 g/mol. The minimum absolute atomic E-state index is 0.00737. The molecule has 0 rings (SSSR count). The molecule has 3 N–H and O–H groups in total. The lowest BCUT2D eigenvalue weighted by atomic mass is 9.97. The number of hydrogen-bond donors (Lipinski definition) is 3. The Morgan fingerprint density at radius 3 is 2.25 bits per heavy atom. The second kappa shape index (κ2) is 16.3. The van der Waals surface area contributed by atoms with Crippen molar-refractivity contribution >= 4 is 5.97 Å². The van der Waals surface area contributed by atoms with Crippen molar-refractivity contribution in [3.05, 3.63) is 48.6 Å². The van der Waals surface area contributed by atoms with E-state index in [0.717, 1.165) is 12.8 Å².